The monoisotopic (exact) mass is 197 g/mol. The third-order valence-corrected chi connectivity index (χ3v) is 2.50. The summed E-state index contributed by atoms with van der Waals surface area (Å²) in [4.78, 5) is 0. The molecule has 1 atom stereocenters. The van der Waals surface area contributed by atoms with Gasteiger partial charge in [0.2, 0.25) is 0 Å². The molecule has 0 bridgehead atoms. The number of rotatable bonds is 3. The van der Waals surface area contributed by atoms with Gasteiger partial charge in [-0.25, -0.2) is 0 Å². The number of nitrogens with one attached hydrogen (secondary N) is 1. The first-order valence-corrected chi connectivity index (χ1v) is 4.68. The molecule has 72 valence electrons. The maximum absolute atomic E-state index is 3.50. The van der Waals surface area contributed by atoms with Crippen LogP contribution in [0.15, 0.2) is 30.3 Å². The largest absolute Gasteiger partial charge is 0.382 e. The van der Waals surface area contributed by atoms with Crippen LogP contribution in [0, 0.1) is 5.92 Å². The quantitative estimate of drug-likeness (QED) is 0.784. The molecule has 0 aliphatic heterocycles. The van der Waals surface area contributed by atoms with Crippen molar-refractivity contribution in [1.82, 2.24) is 0 Å². The summed E-state index contributed by atoms with van der Waals surface area (Å²) in [6.45, 7) is 2.27. The second kappa shape index (κ2) is 4.52. The third kappa shape index (κ3) is 2.92. The zero-order chi connectivity index (χ0) is 8.39. The van der Waals surface area contributed by atoms with E-state index in [4.69, 9.17) is 0 Å². The number of para-hydroxylation sites is 1. The Bertz CT molecular complexity index is 244. The lowest BCUT2D eigenvalue weighted by Gasteiger charge is -2.13. The molecule has 0 aromatic heterocycles. The lowest BCUT2D eigenvalue weighted by molar-refractivity contribution is 0.694. The van der Waals surface area contributed by atoms with Crippen LogP contribution < -0.4 is 5.32 Å². The van der Waals surface area contributed by atoms with E-state index in [-0.39, 0.29) is 12.4 Å². The van der Waals surface area contributed by atoms with Gasteiger partial charge >= 0.3 is 0 Å². The van der Waals surface area contributed by atoms with Gasteiger partial charge in [-0.2, -0.15) is 0 Å². The van der Waals surface area contributed by atoms with Crippen LogP contribution in [-0.2, 0) is 0 Å². The highest BCUT2D eigenvalue weighted by molar-refractivity contribution is 5.85. The average molecular weight is 198 g/mol. The van der Waals surface area contributed by atoms with Gasteiger partial charge in [0.25, 0.3) is 0 Å². The average Bonchev–Trinajstić information content (AvgIpc) is 2.88. The van der Waals surface area contributed by atoms with E-state index >= 15 is 0 Å². The molecule has 1 aliphatic rings. The van der Waals surface area contributed by atoms with Crippen LogP contribution in [-0.4, -0.2) is 6.04 Å². The van der Waals surface area contributed by atoms with Gasteiger partial charge in [0.05, 0.1) is 0 Å². The molecule has 1 saturated carbocycles. The molecular formula is C11H16ClN. The number of benzene rings is 1. The summed E-state index contributed by atoms with van der Waals surface area (Å²) < 4.78 is 0. The van der Waals surface area contributed by atoms with Gasteiger partial charge in [-0.3, -0.25) is 0 Å². The van der Waals surface area contributed by atoms with Crippen LogP contribution in [0.25, 0.3) is 0 Å². The van der Waals surface area contributed by atoms with Crippen LogP contribution in [0.2, 0.25) is 0 Å². The maximum atomic E-state index is 3.50. The normalized spacial score (nSPS) is 17.3. The topological polar surface area (TPSA) is 12.0 Å². The molecule has 0 saturated heterocycles. The van der Waals surface area contributed by atoms with Crippen LogP contribution >= 0.6 is 12.4 Å². The fraction of sp³-hybridized carbons (Fsp3) is 0.455. The Morgan fingerprint density at radius 2 is 1.85 bits per heavy atom. The van der Waals surface area contributed by atoms with E-state index in [2.05, 4.69) is 36.5 Å². The number of anilines is 1. The van der Waals surface area contributed by atoms with Crippen molar-refractivity contribution in [1.29, 1.82) is 0 Å². The molecule has 1 aromatic carbocycles. The predicted molar refractivity (Wildman–Crippen MR) is 59.5 cm³/mol. The summed E-state index contributed by atoms with van der Waals surface area (Å²) in [5.74, 6) is 0.921. The molecule has 1 N–H and O–H groups in total. The van der Waals surface area contributed by atoms with E-state index in [0.717, 1.165) is 5.92 Å². The van der Waals surface area contributed by atoms with Crippen LogP contribution in [0.1, 0.15) is 19.8 Å². The summed E-state index contributed by atoms with van der Waals surface area (Å²) in [6, 6.07) is 11.1. The predicted octanol–water partition coefficient (Wildman–Crippen LogP) is 3.32. The smallest absolute Gasteiger partial charge is 0.0342 e. The molecule has 0 heterocycles. The Balaban J connectivity index is 0.000000845. The molecular weight excluding hydrogens is 182 g/mol. The summed E-state index contributed by atoms with van der Waals surface area (Å²) in [5, 5.41) is 3.50. The second-order valence-electron chi connectivity index (χ2n) is 3.64. The highest BCUT2D eigenvalue weighted by Gasteiger charge is 2.27. The van der Waals surface area contributed by atoms with Crippen molar-refractivity contribution in [2.24, 2.45) is 5.92 Å². The molecule has 0 amide bonds. The Kier molecular flexibility index (Phi) is 3.61. The molecule has 1 unspecified atom stereocenters. The molecule has 0 spiro atoms. The minimum atomic E-state index is 0. The zero-order valence-electron chi connectivity index (χ0n) is 7.86. The van der Waals surface area contributed by atoms with Crippen molar-refractivity contribution in [3.63, 3.8) is 0 Å². The van der Waals surface area contributed by atoms with Gasteiger partial charge < -0.3 is 5.32 Å². The Labute approximate surface area is 86.0 Å². The first-order valence-electron chi connectivity index (χ1n) is 4.68. The molecule has 1 nitrogen and oxygen atoms in total. The van der Waals surface area contributed by atoms with Crippen molar-refractivity contribution in [2.75, 3.05) is 5.32 Å². The summed E-state index contributed by atoms with van der Waals surface area (Å²) >= 11 is 0. The number of halogens is 1. The van der Waals surface area contributed by atoms with E-state index in [9.17, 15) is 0 Å². The fourth-order valence-corrected chi connectivity index (χ4v) is 1.51. The molecule has 0 radical (unpaired) electrons. The fourth-order valence-electron chi connectivity index (χ4n) is 1.51. The van der Waals surface area contributed by atoms with Crippen molar-refractivity contribution < 1.29 is 0 Å². The standard InChI is InChI=1S/C11H15N.ClH/c1-9(10-7-8-10)12-11-5-3-2-4-6-11;/h2-6,9-10,12H,7-8H2,1H3;1H. The highest BCUT2D eigenvalue weighted by atomic mass is 35.5. The highest BCUT2D eigenvalue weighted by Crippen LogP contribution is 2.33. The Morgan fingerprint density at radius 3 is 2.38 bits per heavy atom. The molecule has 1 aliphatic carbocycles. The third-order valence-electron chi connectivity index (χ3n) is 2.50. The minimum Gasteiger partial charge on any atom is -0.382 e. The Hall–Kier alpha value is -0.690. The lowest BCUT2D eigenvalue weighted by Crippen LogP contribution is -2.16. The lowest BCUT2D eigenvalue weighted by atomic mass is 10.2. The molecule has 1 aromatic rings. The Morgan fingerprint density at radius 1 is 1.23 bits per heavy atom. The second-order valence-corrected chi connectivity index (χ2v) is 3.64. The van der Waals surface area contributed by atoms with Crippen molar-refractivity contribution in [2.45, 2.75) is 25.8 Å². The van der Waals surface area contributed by atoms with Crippen LogP contribution in [0.4, 0.5) is 5.69 Å². The van der Waals surface area contributed by atoms with Gasteiger partial charge in [-0.1, -0.05) is 18.2 Å². The number of hydrogen-bond donors (Lipinski definition) is 1. The summed E-state index contributed by atoms with van der Waals surface area (Å²) in [7, 11) is 0. The van der Waals surface area contributed by atoms with Crippen molar-refractivity contribution in [3.8, 4) is 0 Å². The van der Waals surface area contributed by atoms with Gasteiger partial charge in [-0.15, -0.1) is 12.4 Å². The molecule has 13 heavy (non-hydrogen) atoms. The van der Waals surface area contributed by atoms with Crippen LogP contribution in [0.3, 0.4) is 0 Å². The van der Waals surface area contributed by atoms with Crippen molar-refractivity contribution in [3.05, 3.63) is 30.3 Å². The van der Waals surface area contributed by atoms with E-state index in [1.165, 1.54) is 18.5 Å². The first kappa shape index (κ1) is 10.4. The SMILES string of the molecule is CC(Nc1ccccc1)C1CC1.Cl. The number of hydrogen-bond acceptors (Lipinski definition) is 1. The minimum absolute atomic E-state index is 0. The van der Waals surface area contributed by atoms with Gasteiger partial charge in [0, 0.05) is 11.7 Å². The van der Waals surface area contributed by atoms with Gasteiger partial charge in [0.15, 0.2) is 0 Å². The molecule has 2 rings (SSSR count). The van der Waals surface area contributed by atoms with E-state index in [0.29, 0.717) is 6.04 Å². The van der Waals surface area contributed by atoms with E-state index in [1.807, 2.05) is 6.07 Å². The first-order chi connectivity index (χ1) is 5.86. The molecule has 1 fully saturated rings. The van der Waals surface area contributed by atoms with E-state index in [1.54, 1.807) is 0 Å². The van der Waals surface area contributed by atoms with Gasteiger partial charge in [0.1, 0.15) is 0 Å². The van der Waals surface area contributed by atoms with Crippen LogP contribution in [0.5, 0.6) is 0 Å². The zero-order valence-corrected chi connectivity index (χ0v) is 8.68. The summed E-state index contributed by atoms with van der Waals surface area (Å²) in [6.07, 6.45) is 2.81. The summed E-state index contributed by atoms with van der Waals surface area (Å²) in [5.41, 5.74) is 1.25. The van der Waals surface area contributed by atoms with Crippen molar-refractivity contribution >= 4 is 18.1 Å². The van der Waals surface area contributed by atoms with E-state index < -0.39 is 0 Å². The maximum Gasteiger partial charge on any atom is 0.0342 e. The molecule has 2 heteroatoms. The van der Waals surface area contributed by atoms with Gasteiger partial charge in [-0.05, 0) is 37.8 Å².